The van der Waals surface area contributed by atoms with Gasteiger partial charge in [0.05, 0.1) is 12.1 Å². The minimum atomic E-state index is -0.204. The zero-order valence-corrected chi connectivity index (χ0v) is 14.3. The van der Waals surface area contributed by atoms with E-state index in [1.54, 1.807) is 17.3 Å². The SMILES string of the molecule is C[C@H]1[C@@H](C(=O)Nc2cc3cc(-c4cn[nH]c4)ccc3cn2)CCN1C#N. The van der Waals surface area contributed by atoms with E-state index in [-0.39, 0.29) is 17.9 Å². The van der Waals surface area contributed by atoms with Crippen LogP contribution >= 0.6 is 0 Å². The topological polar surface area (TPSA) is 97.7 Å². The van der Waals surface area contributed by atoms with E-state index in [0.29, 0.717) is 18.8 Å². The highest BCUT2D eigenvalue weighted by Crippen LogP contribution is 2.27. The highest BCUT2D eigenvalue weighted by molar-refractivity contribution is 5.95. The molecule has 3 heterocycles. The summed E-state index contributed by atoms with van der Waals surface area (Å²) < 4.78 is 0. The quantitative estimate of drug-likeness (QED) is 0.711. The number of benzene rings is 1. The monoisotopic (exact) mass is 346 g/mol. The standard InChI is InChI=1S/C19H18N6O/c1-12-17(4-5-25(12)11-20)19(26)24-18-7-15-6-13(16-9-22-23-10-16)2-3-14(15)8-21-18/h2-3,6-10,12,17H,4-5H2,1H3,(H,22,23)(H,21,24,26)/t12-,17-/m0/s1. The van der Waals surface area contributed by atoms with E-state index in [2.05, 4.69) is 26.7 Å². The van der Waals surface area contributed by atoms with E-state index in [1.807, 2.05) is 37.4 Å². The number of carbonyl (C=O) groups is 1. The van der Waals surface area contributed by atoms with E-state index in [0.717, 1.165) is 21.9 Å². The van der Waals surface area contributed by atoms with Crippen LogP contribution in [0.2, 0.25) is 0 Å². The molecule has 0 radical (unpaired) electrons. The molecule has 1 saturated heterocycles. The summed E-state index contributed by atoms with van der Waals surface area (Å²) >= 11 is 0. The van der Waals surface area contributed by atoms with Gasteiger partial charge in [-0.2, -0.15) is 10.4 Å². The average molecular weight is 346 g/mol. The third kappa shape index (κ3) is 2.86. The van der Waals surface area contributed by atoms with Crippen LogP contribution < -0.4 is 5.32 Å². The second-order valence-electron chi connectivity index (χ2n) is 6.54. The largest absolute Gasteiger partial charge is 0.310 e. The number of nitriles is 1. The average Bonchev–Trinajstić information content (AvgIpc) is 3.30. The number of nitrogens with one attached hydrogen (secondary N) is 2. The van der Waals surface area contributed by atoms with E-state index >= 15 is 0 Å². The predicted octanol–water partition coefficient (Wildman–Crippen LogP) is 2.75. The molecule has 1 fully saturated rings. The lowest BCUT2D eigenvalue weighted by Gasteiger charge is -2.18. The van der Waals surface area contributed by atoms with Gasteiger partial charge in [-0.15, -0.1) is 0 Å². The van der Waals surface area contributed by atoms with Gasteiger partial charge in [-0.1, -0.05) is 12.1 Å². The Balaban J connectivity index is 1.57. The third-order valence-corrected chi connectivity index (χ3v) is 5.02. The van der Waals surface area contributed by atoms with Crippen molar-refractivity contribution >= 4 is 22.5 Å². The predicted molar refractivity (Wildman–Crippen MR) is 97.8 cm³/mol. The van der Waals surface area contributed by atoms with Crippen molar-refractivity contribution in [3.63, 3.8) is 0 Å². The number of fused-ring (bicyclic) bond motifs is 1. The molecule has 1 amide bonds. The number of hydrogen-bond acceptors (Lipinski definition) is 5. The van der Waals surface area contributed by atoms with E-state index in [9.17, 15) is 4.79 Å². The maximum atomic E-state index is 12.6. The molecule has 130 valence electrons. The van der Waals surface area contributed by atoms with Crippen molar-refractivity contribution in [2.24, 2.45) is 5.92 Å². The Morgan fingerprint density at radius 1 is 1.31 bits per heavy atom. The molecule has 2 atom stereocenters. The van der Waals surface area contributed by atoms with Crippen molar-refractivity contribution < 1.29 is 4.79 Å². The Morgan fingerprint density at radius 2 is 2.19 bits per heavy atom. The fourth-order valence-electron chi connectivity index (χ4n) is 3.45. The minimum Gasteiger partial charge on any atom is -0.310 e. The summed E-state index contributed by atoms with van der Waals surface area (Å²) in [5.41, 5.74) is 2.05. The van der Waals surface area contributed by atoms with Crippen LogP contribution in [0.3, 0.4) is 0 Å². The highest BCUT2D eigenvalue weighted by atomic mass is 16.2. The first-order chi connectivity index (χ1) is 12.7. The van der Waals surface area contributed by atoms with Gasteiger partial charge in [-0.05, 0) is 36.4 Å². The van der Waals surface area contributed by atoms with E-state index in [1.165, 1.54) is 0 Å². The minimum absolute atomic E-state index is 0.0897. The van der Waals surface area contributed by atoms with Crippen molar-refractivity contribution in [1.82, 2.24) is 20.1 Å². The number of anilines is 1. The van der Waals surface area contributed by atoms with Crippen molar-refractivity contribution in [1.29, 1.82) is 5.26 Å². The van der Waals surface area contributed by atoms with Gasteiger partial charge in [0.25, 0.3) is 0 Å². The lowest BCUT2D eigenvalue weighted by molar-refractivity contribution is -0.120. The molecule has 3 aromatic rings. The molecule has 2 aromatic heterocycles. The summed E-state index contributed by atoms with van der Waals surface area (Å²) in [6, 6.07) is 7.85. The van der Waals surface area contributed by atoms with Gasteiger partial charge in [0.15, 0.2) is 6.19 Å². The molecule has 1 aromatic carbocycles. The summed E-state index contributed by atoms with van der Waals surface area (Å²) in [6.45, 7) is 2.53. The van der Waals surface area contributed by atoms with Gasteiger partial charge >= 0.3 is 0 Å². The maximum Gasteiger partial charge on any atom is 0.230 e. The molecule has 0 bridgehead atoms. The number of aromatic amines is 1. The van der Waals surface area contributed by atoms with Crippen molar-refractivity contribution in [2.75, 3.05) is 11.9 Å². The van der Waals surface area contributed by atoms with Gasteiger partial charge in [-0.25, -0.2) is 4.98 Å². The van der Waals surface area contributed by atoms with Crippen LogP contribution in [-0.4, -0.2) is 38.6 Å². The molecular weight excluding hydrogens is 328 g/mol. The molecule has 7 heteroatoms. The number of hydrogen-bond donors (Lipinski definition) is 2. The Bertz CT molecular complexity index is 991. The summed E-state index contributed by atoms with van der Waals surface area (Å²) in [5.74, 6) is 0.229. The van der Waals surface area contributed by atoms with Crippen LogP contribution in [0.1, 0.15) is 13.3 Å². The van der Waals surface area contributed by atoms with Crippen molar-refractivity contribution in [3.05, 3.63) is 42.9 Å². The first-order valence-electron chi connectivity index (χ1n) is 8.52. The number of amides is 1. The zero-order chi connectivity index (χ0) is 18.1. The first-order valence-corrected chi connectivity index (χ1v) is 8.52. The molecule has 0 aliphatic carbocycles. The van der Waals surface area contributed by atoms with Crippen LogP contribution in [0.4, 0.5) is 5.82 Å². The van der Waals surface area contributed by atoms with Crippen LogP contribution in [-0.2, 0) is 4.79 Å². The number of carbonyl (C=O) groups excluding carboxylic acids is 1. The number of nitrogens with zero attached hydrogens (tertiary/aromatic N) is 4. The molecule has 1 aliphatic heterocycles. The van der Waals surface area contributed by atoms with Gasteiger partial charge in [-0.3, -0.25) is 9.89 Å². The van der Waals surface area contributed by atoms with Crippen molar-refractivity contribution in [3.8, 4) is 17.3 Å². The Hall–Kier alpha value is -3.40. The second-order valence-corrected chi connectivity index (χ2v) is 6.54. The fraction of sp³-hybridized carbons (Fsp3) is 0.263. The van der Waals surface area contributed by atoms with Gasteiger partial charge in [0, 0.05) is 35.9 Å². The van der Waals surface area contributed by atoms with Gasteiger partial charge in [0.2, 0.25) is 5.91 Å². The highest BCUT2D eigenvalue weighted by Gasteiger charge is 2.35. The van der Waals surface area contributed by atoms with Crippen LogP contribution in [0.15, 0.2) is 42.9 Å². The molecular formula is C19H18N6O. The van der Waals surface area contributed by atoms with E-state index in [4.69, 9.17) is 5.26 Å². The third-order valence-electron chi connectivity index (χ3n) is 5.02. The van der Waals surface area contributed by atoms with Crippen LogP contribution in [0, 0.1) is 17.4 Å². The summed E-state index contributed by atoms with van der Waals surface area (Å²) in [6.07, 6.45) is 8.18. The molecule has 2 N–H and O–H groups in total. The van der Waals surface area contributed by atoms with Gasteiger partial charge < -0.3 is 10.2 Å². The number of H-pyrrole nitrogens is 1. The molecule has 7 nitrogen and oxygen atoms in total. The maximum absolute atomic E-state index is 12.6. The summed E-state index contributed by atoms with van der Waals surface area (Å²) in [5, 5.41) is 20.8. The van der Waals surface area contributed by atoms with Crippen LogP contribution in [0.5, 0.6) is 0 Å². The molecule has 26 heavy (non-hydrogen) atoms. The van der Waals surface area contributed by atoms with Gasteiger partial charge in [0.1, 0.15) is 5.82 Å². The molecule has 0 unspecified atom stereocenters. The number of pyridine rings is 1. The molecule has 1 aliphatic rings. The normalized spacial score (nSPS) is 19.5. The Kier molecular flexibility index (Phi) is 4.01. The van der Waals surface area contributed by atoms with E-state index < -0.39 is 0 Å². The number of rotatable bonds is 3. The summed E-state index contributed by atoms with van der Waals surface area (Å²) in [7, 11) is 0. The lowest BCUT2D eigenvalue weighted by Crippen LogP contribution is -2.33. The lowest BCUT2D eigenvalue weighted by atomic mass is 10.0. The van der Waals surface area contributed by atoms with Crippen molar-refractivity contribution in [2.45, 2.75) is 19.4 Å². The Morgan fingerprint density at radius 3 is 2.92 bits per heavy atom. The Labute approximate surface area is 150 Å². The second kappa shape index (κ2) is 6.48. The molecule has 4 rings (SSSR count). The first kappa shape index (κ1) is 16.1. The fourth-order valence-corrected chi connectivity index (χ4v) is 3.45. The number of aromatic nitrogens is 3. The molecule has 0 spiro atoms. The number of likely N-dealkylation sites (tertiary alicyclic amines) is 1. The summed E-state index contributed by atoms with van der Waals surface area (Å²) in [4.78, 5) is 18.6. The van der Waals surface area contributed by atoms with Crippen LogP contribution in [0.25, 0.3) is 21.9 Å². The smallest absolute Gasteiger partial charge is 0.230 e. The zero-order valence-electron chi connectivity index (χ0n) is 14.3. The molecule has 0 saturated carbocycles.